The van der Waals surface area contributed by atoms with E-state index in [0.29, 0.717) is 26.2 Å². The van der Waals surface area contributed by atoms with Crippen molar-refractivity contribution in [1.29, 1.82) is 0 Å². The normalized spacial score (nSPS) is 21.5. The highest BCUT2D eigenvalue weighted by molar-refractivity contribution is 5.91. The smallest absolute Gasteiger partial charge is 0.289 e. The Hall–Kier alpha value is -2.25. The van der Waals surface area contributed by atoms with Crippen LogP contribution in [0.5, 0.6) is 0 Å². The zero-order valence-electron chi connectivity index (χ0n) is 12.0. The molecule has 3 heterocycles. The Labute approximate surface area is 127 Å². The summed E-state index contributed by atoms with van der Waals surface area (Å²) in [6.07, 6.45) is 4.81. The van der Waals surface area contributed by atoms with Crippen molar-refractivity contribution in [2.24, 2.45) is 0 Å². The maximum Gasteiger partial charge on any atom is 0.289 e. The zero-order chi connectivity index (χ0) is 15.2. The molecule has 116 valence electrons. The van der Waals surface area contributed by atoms with E-state index in [2.05, 4.69) is 15.3 Å². The maximum absolute atomic E-state index is 12.0. The van der Waals surface area contributed by atoms with Crippen LogP contribution in [0.25, 0.3) is 0 Å². The third-order valence-corrected chi connectivity index (χ3v) is 3.45. The number of nitrogens with zero attached hydrogens (tertiary/aromatic N) is 2. The van der Waals surface area contributed by atoms with E-state index in [1.807, 2.05) is 18.2 Å². The lowest BCUT2D eigenvalue weighted by atomic mass is 10.1. The van der Waals surface area contributed by atoms with Crippen molar-refractivity contribution in [2.45, 2.75) is 25.2 Å². The summed E-state index contributed by atoms with van der Waals surface area (Å²) in [6, 6.07) is 5.53. The number of carbonyl (C=O) groups is 1. The number of nitrogens with one attached hydrogen (secondary N) is 1. The second kappa shape index (κ2) is 7.15. The van der Waals surface area contributed by atoms with Crippen LogP contribution in [-0.4, -0.2) is 41.2 Å². The first-order chi connectivity index (χ1) is 10.8. The average molecular weight is 303 g/mol. The van der Waals surface area contributed by atoms with Crippen molar-refractivity contribution in [3.63, 3.8) is 0 Å². The third-order valence-electron chi connectivity index (χ3n) is 3.45. The molecule has 7 heteroatoms. The number of carbonyl (C=O) groups excluding carboxylic acids is 1. The lowest BCUT2D eigenvalue weighted by molar-refractivity contribution is -0.0744. The van der Waals surface area contributed by atoms with E-state index in [1.54, 1.807) is 6.20 Å². The molecule has 3 rings (SSSR count). The van der Waals surface area contributed by atoms with Gasteiger partial charge in [-0.3, -0.25) is 9.78 Å². The highest BCUT2D eigenvalue weighted by atomic mass is 16.5. The molecule has 0 spiro atoms. The van der Waals surface area contributed by atoms with Gasteiger partial charge in [0.05, 0.1) is 31.1 Å². The molecule has 2 atom stereocenters. The minimum Gasteiger partial charge on any atom is -0.438 e. The van der Waals surface area contributed by atoms with Crippen LogP contribution >= 0.6 is 0 Å². The van der Waals surface area contributed by atoms with Crippen molar-refractivity contribution >= 4 is 5.91 Å². The van der Waals surface area contributed by atoms with E-state index >= 15 is 0 Å². The number of pyridine rings is 1. The molecule has 1 aliphatic heterocycles. The summed E-state index contributed by atoms with van der Waals surface area (Å²) in [5.74, 6) is -0.106. The van der Waals surface area contributed by atoms with Crippen LogP contribution in [0.2, 0.25) is 0 Å². The number of hydrogen-bond donors (Lipinski definition) is 1. The minimum atomic E-state index is -0.296. The lowest BCUT2D eigenvalue weighted by Crippen LogP contribution is -2.49. The topological polar surface area (TPSA) is 86.5 Å². The van der Waals surface area contributed by atoms with Crippen molar-refractivity contribution in [2.75, 3.05) is 13.2 Å². The molecule has 0 unspecified atom stereocenters. The first-order valence-corrected chi connectivity index (χ1v) is 7.11. The highest BCUT2D eigenvalue weighted by Crippen LogP contribution is 2.14. The Morgan fingerprint density at radius 3 is 3.18 bits per heavy atom. The van der Waals surface area contributed by atoms with Gasteiger partial charge in [0.15, 0.2) is 6.39 Å². The van der Waals surface area contributed by atoms with Gasteiger partial charge in [-0.25, -0.2) is 4.98 Å². The second-order valence-electron chi connectivity index (χ2n) is 4.98. The standard InChI is InChI=1S/C15H17N3O4/c19-15(13-7-16-10-22-13)18-12-4-6-20-9-14(12)21-8-11-3-1-2-5-17-11/h1-3,5,7,10,12,14H,4,6,8-9H2,(H,18,19)/t12-,14-/m1/s1. The molecular weight excluding hydrogens is 286 g/mol. The summed E-state index contributed by atoms with van der Waals surface area (Å²) in [6.45, 7) is 1.41. The highest BCUT2D eigenvalue weighted by Gasteiger charge is 2.29. The quantitative estimate of drug-likeness (QED) is 0.892. The molecule has 0 saturated carbocycles. The number of oxazole rings is 1. The zero-order valence-corrected chi connectivity index (χ0v) is 12.0. The Morgan fingerprint density at radius 1 is 1.45 bits per heavy atom. The van der Waals surface area contributed by atoms with Gasteiger partial charge in [-0.1, -0.05) is 6.07 Å². The molecule has 0 aliphatic carbocycles. The predicted molar refractivity (Wildman–Crippen MR) is 76.0 cm³/mol. The van der Waals surface area contributed by atoms with E-state index in [-0.39, 0.29) is 23.8 Å². The number of aromatic nitrogens is 2. The predicted octanol–water partition coefficient (Wildman–Crippen LogP) is 1.17. The molecular formula is C15H17N3O4. The summed E-state index contributed by atoms with van der Waals surface area (Å²) in [5.41, 5.74) is 0.841. The van der Waals surface area contributed by atoms with Crippen molar-refractivity contribution < 1.29 is 18.7 Å². The fourth-order valence-corrected chi connectivity index (χ4v) is 2.28. The molecule has 2 aromatic heterocycles. The lowest BCUT2D eigenvalue weighted by Gasteiger charge is -2.31. The molecule has 2 aromatic rings. The van der Waals surface area contributed by atoms with Crippen LogP contribution < -0.4 is 5.32 Å². The fraction of sp³-hybridized carbons (Fsp3) is 0.400. The van der Waals surface area contributed by atoms with Crippen LogP contribution in [0.1, 0.15) is 22.7 Å². The minimum absolute atomic E-state index is 0.130. The van der Waals surface area contributed by atoms with Gasteiger partial charge in [-0.15, -0.1) is 0 Å². The molecule has 1 amide bonds. The molecule has 0 aromatic carbocycles. The average Bonchev–Trinajstić information content (AvgIpc) is 3.10. The van der Waals surface area contributed by atoms with Crippen molar-refractivity contribution in [3.05, 3.63) is 48.4 Å². The van der Waals surface area contributed by atoms with Crippen LogP contribution in [0, 0.1) is 0 Å². The van der Waals surface area contributed by atoms with Gasteiger partial charge in [-0.05, 0) is 18.6 Å². The molecule has 1 N–H and O–H groups in total. The van der Waals surface area contributed by atoms with E-state index in [0.717, 1.165) is 5.69 Å². The van der Waals surface area contributed by atoms with E-state index in [4.69, 9.17) is 13.9 Å². The SMILES string of the molecule is O=C(N[C@@H]1CCOC[C@H]1OCc1ccccn1)c1cnco1. The van der Waals surface area contributed by atoms with Gasteiger partial charge in [0, 0.05) is 12.8 Å². The maximum atomic E-state index is 12.0. The summed E-state index contributed by atoms with van der Waals surface area (Å²) < 4.78 is 16.3. The van der Waals surface area contributed by atoms with E-state index in [9.17, 15) is 4.79 Å². The molecule has 0 bridgehead atoms. The molecule has 1 saturated heterocycles. The summed E-state index contributed by atoms with van der Waals surface area (Å²) in [4.78, 5) is 20.0. The summed E-state index contributed by atoms with van der Waals surface area (Å²) in [5, 5.41) is 2.91. The Balaban J connectivity index is 1.57. The number of ether oxygens (including phenoxy) is 2. The molecule has 22 heavy (non-hydrogen) atoms. The van der Waals surface area contributed by atoms with Gasteiger partial charge < -0.3 is 19.2 Å². The van der Waals surface area contributed by atoms with Crippen LogP contribution in [0.3, 0.4) is 0 Å². The molecule has 7 nitrogen and oxygen atoms in total. The summed E-state index contributed by atoms with van der Waals surface area (Å²) in [7, 11) is 0. The van der Waals surface area contributed by atoms with Crippen molar-refractivity contribution in [3.8, 4) is 0 Å². The first kappa shape index (κ1) is 14.7. The Morgan fingerprint density at radius 2 is 2.41 bits per heavy atom. The molecule has 1 aliphatic rings. The van der Waals surface area contributed by atoms with Gasteiger partial charge >= 0.3 is 0 Å². The van der Waals surface area contributed by atoms with Crippen molar-refractivity contribution in [1.82, 2.24) is 15.3 Å². The first-order valence-electron chi connectivity index (χ1n) is 7.11. The van der Waals surface area contributed by atoms with E-state index < -0.39 is 0 Å². The Bertz CT molecular complexity index is 588. The number of amides is 1. The van der Waals surface area contributed by atoms with Gasteiger partial charge in [0.1, 0.15) is 6.10 Å². The van der Waals surface area contributed by atoms with E-state index in [1.165, 1.54) is 12.6 Å². The summed E-state index contributed by atoms with van der Waals surface area (Å²) >= 11 is 0. The van der Waals surface area contributed by atoms with Crippen LogP contribution in [0.4, 0.5) is 0 Å². The monoisotopic (exact) mass is 303 g/mol. The molecule has 1 fully saturated rings. The van der Waals surface area contributed by atoms with Crippen LogP contribution in [-0.2, 0) is 16.1 Å². The van der Waals surface area contributed by atoms with Gasteiger partial charge in [0.25, 0.3) is 5.91 Å². The number of hydrogen-bond acceptors (Lipinski definition) is 6. The fourth-order valence-electron chi connectivity index (χ4n) is 2.28. The third kappa shape index (κ3) is 3.69. The van der Waals surface area contributed by atoms with Crippen LogP contribution in [0.15, 0.2) is 41.4 Å². The largest absolute Gasteiger partial charge is 0.438 e. The van der Waals surface area contributed by atoms with Gasteiger partial charge in [0.2, 0.25) is 5.76 Å². The number of rotatable bonds is 5. The molecule has 0 radical (unpaired) electrons. The Kier molecular flexibility index (Phi) is 4.77. The second-order valence-corrected chi connectivity index (χ2v) is 4.98. The van der Waals surface area contributed by atoms with Gasteiger partial charge in [-0.2, -0.15) is 0 Å².